The number of nitrogens with zero attached hydrogens (tertiary/aromatic N) is 1. The van der Waals surface area contributed by atoms with E-state index < -0.39 is 0 Å². The van der Waals surface area contributed by atoms with Crippen molar-refractivity contribution in [3.63, 3.8) is 0 Å². The highest BCUT2D eigenvalue weighted by Crippen LogP contribution is 1.97. The normalized spacial score (nSPS) is 7.80. The van der Waals surface area contributed by atoms with E-state index in [0.717, 1.165) is 5.69 Å². The summed E-state index contributed by atoms with van der Waals surface area (Å²) in [6.07, 6.45) is 8.58. The molecule has 1 heterocycles. The molecule has 0 fully saturated rings. The maximum absolute atomic E-state index is 3.98. The Morgan fingerprint density at radius 2 is 1.30 bits per heavy atom. The summed E-state index contributed by atoms with van der Waals surface area (Å²) in [5.41, 5.74) is 2.10. The van der Waals surface area contributed by atoms with E-state index in [-0.39, 0.29) is 0 Å². The molecule has 102 valence electrons. The molecule has 0 N–H and O–H groups in total. The fourth-order valence-electron chi connectivity index (χ4n) is 1.09. The van der Waals surface area contributed by atoms with Crippen LogP contribution in [0.25, 0.3) is 12.2 Å². The first kappa shape index (κ1) is 17.3. The number of hydrogen-bond acceptors (Lipinski definition) is 1. The summed E-state index contributed by atoms with van der Waals surface area (Å²) in [7, 11) is 0. The van der Waals surface area contributed by atoms with Crippen molar-refractivity contribution in [3.05, 3.63) is 104 Å². The smallest absolute Gasteiger partial charge is 0.0623 e. The number of pyridine rings is 1. The van der Waals surface area contributed by atoms with Crippen molar-refractivity contribution in [1.82, 2.24) is 4.98 Å². The summed E-state index contributed by atoms with van der Waals surface area (Å²) in [5, 5.41) is 0. The van der Waals surface area contributed by atoms with Crippen LogP contribution in [0.3, 0.4) is 0 Å². The molecule has 0 spiro atoms. The van der Waals surface area contributed by atoms with Gasteiger partial charge in [-0.15, -0.1) is 0 Å². The molecule has 1 aromatic heterocycles. The SMILES string of the molecule is C=CC=C.C=Cc1ccccc1.C=Cc1ccccn1. The van der Waals surface area contributed by atoms with Crippen molar-refractivity contribution < 1.29 is 0 Å². The number of benzene rings is 1. The first-order valence-electron chi connectivity index (χ1n) is 6.22. The fourth-order valence-corrected chi connectivity index (χ4v) is 1.09. The van der Waals surface area contributed by atoms with Crippen molar-refractivity contribution in [1.29, 1.82) is 0 Å². The van der Waals surface area contributed by atoms with E-state index >= 15 is 0 Å². The van der Waals surface area contributed by atoms with Gasteiger partial charge in [0.05, 0.1) is 5.69 Å². The van der Waals surface area contributed by atoms with Gasteiger partial charge >= 0.3 is 0 Å². The Balaban J connectivity index is 0.000000289. The first-order valence-corrected chi connectivity index (χ1v) is 6.22. The molecular formula is C19H21N. The number of rotatable bonds is 3. The Morgan fingerprint density at radius 3 is 1.60 bits per heavy atom. The van der Waals surface area contributed by atoms with E-state index in [1.165, 1.54) is 5.56 Å². The summed E-state index contributed by atoms with van der Waals surface area (Å²) in [6, 6.07) is 15.8. The maximum atomic E-state index is 3.98. The van der Waals surface area contributed by atoms with Gasteiger partial charge in [-0.05, 0) is 23.8 Å². The molecule has 20 heavy (non-hydrogen) atoms. The summed E-state index contributed by atoms with van der Waals surface area (Å²) in [5.74, 6) is 0. The van der Waals surface area contributed by atoms with Gasteiger partial charge in [-0.2, -0.15) is 0 Å². The van der Waals surface area contributed by atoms with Crippen molar-refractivity contribution >= 4 is 12.2 Å². The zero-order chi connectivity index (χ0) is 15.1. The molecule has 1 nitrogen and oxygen atoms in total. The van der Waals surface area contributed by atoms with Crippen LogP contribution >= 0.6 is 0 Å². The van der Waals surface area contributed by atoms with Gasteiger partial charge in [-0.25, -0.2) is 0 Å². The number of hydrogen-bond donors (Lipinski definition) is 0. The van der Waals surface area contributed by atoms with Crippen LogP contribution in [-0.4, -0.2) is 4.98 Å². The second kappa shape index (κ2) is 12.8. The van der Waals surface area contributed by atoms with Crippen LogP contribution in [0.2, 0.25) is 0 Å². The Kier molecular flexibility index (Phi) is 11.1. The van der Waals surface area contributed by atoms with Crippen LogP contribution in [0.15, 0.2) is 93.2 Å². The lowest BCUT2D eigenvalue weighted by Crippen LogP contribution is -1.73. The quantitative estimate of drug-likeness (QED) is 0.674. The van der Waals surface area contributed by atoms with Gasteiger partial charge in [0.1, 0.15) is 0 Å². The van der Waals surface area contributed by atoms with Crippen molar-refractivity contribution in [2.75, 3.05) is 0 Å². The second-order valence-electron chi connectivity index (χ2n) is 3.54. The molecule has 0 saturated heterocycles. The number of aromatic nitrogens is 1. The molecule has 0 bridgehead atoms. The average Bonchev–Trinajstić information content (AvgIpc) is 2.57. The highest BCUT2D eigenvalue weighted by molar-refractivity contribution is 5.45. The lowest BCUT2D eigenvalue weighted by atomic mass is 10.2. The van der Waals surface area contributed by atoms with E-state index in [1.54, 1.807) is 24.4 Å². The summed E-state index contributed by atoms with van der Waals surface area (Å²) in [6.45, 7) is 13.9. The third kappa shape index (κ3) is 9.37. The highest BCUT2D eigenvalue weighted by Gasteiger charge is 1.77. The van der Waals surface area contributed by atoms with Crippen LogP contribution in [-0.2, 0) is 0 Å². The number of allylic oxidation sites excluding steroid dienone is 2. The van der Waals surface area contributed by atoms with Gasteiger partial charge in [0.15, 0.2) is 0 Å². The molecule has 0 aliphatic rings. The third-order valence-electron chi connectivity index (χ3n) is 2.10. The van der Waals surface area contributed by atoms with Gasteiger partial charge in [-0.3, -0.25) is 4.98 Å². The molecule has 0 aliphatic carbocycles. The Morgan fingerprint density at radius 1 is 0.700 bits per heavy atom. The maximum Gasteiger partial charge on any atom is 0.0623 e. The van der Waals surface area contributed by atoms with Gasteiger partial charge in [-0.1, -0.05) is 80.9 Å². The minimum absolute atomic E-state index is 0.924. The predicted octanol–water partition coefficient (Wildman–Crippen LogP) is 5.41. The molecule has 2 aromatic rings. The molecule has 0 atom stereocenters. The average molecular weight is 263 g/mol. The Bertz CT molecular complexity index is 448. The van der Waals surface area contributed by atoms with E-state index in [4.69, 9.17) is 0 Å². The van der Waals surface area contributed by atoms with Crippen molar-refractivity contribution in [2.45, 2.75) is 0 Å². The van der Waals surface area contributed by atoms with Crippen LogP contribution < -0.4 is 0 Å². The zero-order valence-electron chi connectivity index (χ0n) is 11.8. The van der Waals surface area contributed by atoms with Gasteiger partial charge in [0, 0.05) is 6.20 Å². The molecule has 0 radical (unpaired) electrons. The van der Waals surface area contributed by atoms with Crippen molar-refractivity contribution in [2.24, 2.45) is 0 Å². The molecule has 0 saturated carbocycles. The third-order valence-corrected chi connectivity index (χ3v) is 2.10. The van der Waals surface area contributed by atoms with E-state index in [9.17, 15) is 0 Å². The summed E-state index contributed by atoms with van der Waals surface area (Å²) < 4.78 is 0. The van der Waals surface area contributed by atoms with Gasteiger partial charge in [0.2, 0.25) is 0 Å². The van der Waals surface area contributed by atoms with Crippen LogP contribution in [0.1, 0.15) is 11.3 Å². The van der Waals surface area contributed by atoms with E-state index in [1.807, 2.05) is 54.6 Å². The minimum Gasteiger partial charge on any atom is -0.257 e. The molecular weight excluding hydrogens is 242 g/mol. The lowest BCUT2D eigenvalue weighted by molar-refractivity contribution is 1.30. The summed E-state index contributed by atoms with van der Waals surface area (Å²) >= 11 is 0. The van der Waals surface area contributed by atoms with Gasteiger partial charge in [0.25, 0.3) is 0 Å². The highest BCUT2D eigenvalue weighted by atomic mass is 14.6. The first-order chi connectivity index (χ1) is 9.78. The van der Waals surface area contributed by atoms with Gasteiger partial charge < -0.3 is 0 Å². The largest absolute Gasteiger partial charge is 0.257 e. The Labute approximate surface area is 122 Å². The second-order valence-corrected chi connectivity index (χ2v) is 3.54. The molecule has 0 aliphatic heterocycles. The molecule has 0 unspecified atom stereocenters. The standard InChI is InChI=1S/C8H8.C7H7N.C4H6/c1-2-8-6-4-3-5-7-8;1-2-7-5-3-4-6-8-7;1-3-4-2/h2-7H,1H2;2-6H,1H2;3-4H,1-2H2. The zero-order valence-corrected chi connectivity index (χ0v) is 11.8. The van der Waals surface area contributed by atoms with Crippen LogP contribution in [0.4, 0.5) is 0 Å². The fraction of sp³-hybridized carbons (Fsp3) is 0. The monoisotopic (exact) mass is 263 g/mol. The Hall–Kier alpha value is -2.67. The van der Waals surface area contributed by atoms with Crippen LogP contribution in [0, 0.1) is 0 Å². The summed E-state index contributed by atoms with van der Waals surface area (Å²) in [4.78, 5) is 3.98. The van der Waals surface area contributed by atoms with E-state index in [2.05, 4.69) is 31.3 Å². The topological polar surface area (TPSA) is 12.9 Å². The predicted molar refractivity (Wildman–Crippen MR) is 91.3 cm³/mol. The minimum atomic E-state index is 0.924. The van der Waals surface area contributed by atoms with Crippen LogP contribution in [0.5, 0.6) is 0 Å². The van der Waals surface area contributed by atoms with E-state index in [0.29, 0.717) is 0 Å². The molecule has 1 heteroatoms. The van der Waals surface area contributed by atoms with Crippen molar-refractivity contribution in [3.8, 4) is 0 Å². The molecule has 0 amide bonds. The molecule has 2 rings (SSSR count). The molecule has 1 aromatic carbocycles. The lowest BCUT2D eigenvalue weighted by Gasteiger charge is -1.85.